The molecule has 0 amide bonds. The molecule has 0 aromatic heterocycles. The summed E-state index contributed by atoms with van der Waals surface area (Å²) >= 11 is 0. The lowest BCUT2D eigenvalue weighted by atomic mass is 10.0. The third-order valence-corrected chi connectivity index (χ3v) is 5.52. The molecule has 0 aliphatic heterocycles. The second kappa shape index (κ2) is 4.14. The summed E-state index contributed by atoms with van der Waals surface area (Å²) < 4.78 is 5.06. The molecular formula is C16H21NO2. The van der Waals surface area contributed by atoms with Crippen LogP contribution in [-0.2, 0) is 6.54 Å². The smallest absolute Gasteiger partial charge is 0.160 e. The molecule has 1 aromatic rings. The first-order valence-electron chi connectivity index (χ1n) is 7.37. The SMILES string of the molecule is COc1ccc(CNC2C3C4CCC(C4)C23)cc1O. The summed E-state index contributed by atoms with van der Waals surface area (Å²) in [6.45, 7) is 0.856. The summed E-state index contributed by atoms with van der Waals surface area (Å²) in [5.41, 5.74) is 1.13. The highest BCUT2D eigenvalue weighted by molar-refractivity contribution is 5.41. The molecule has 2 bridgehead atoms. The highest BCUT2D eigenvalue weighted by Gasteiger charge is 2.64. The second-order valence-electron chi connectivity index (χ2n) is 6.40. The molecule has 2 N–H and O–H groups in total. The first-order chi connectivity index (χ1) is 9.28. The van der Waals surface area contributed by atoms with Crippen molar-refractivity contribution < 1.29 is 9.84 Å². The lowest BCUT2D eigenvalue weighted by Gasteiger charge is -2.11. The Labute approximate surface area is 114 Å². The first kappa shape index (κ1) is 11.6. The minimum Gasteiger partial charge on any atom is -0.504 e. The number of ether oxygens (including phenoxy) is 1. The molecule has 1 aromatic carbocycles. The van der Waals surface area contributed by atoms with Crippen LogP contribution in [0.15, 0.2) is 18.2 Å². The van der Waals surface area contributed by atoms with Gasteiger partial charge in [-0.1, -0.05) is 6.07 Å². The zero-order chi connectivity index (χ0) is 13.0. The Balaban J connectivity index is 1.37. The maximum absolute atomic E-state index is 9.77. The third kappa shape index (κ3) is 1.75. The highest BCUT2D eigenvalue weighted by atomic mass is 16.5. The van der Waals surface area contributed by atoms with Crippen molar-refractivity contribution in [1.29, 1.82) is 0 Å². The number of benzene rings is 1. The molecule has 3 fully saturated rings. The number of hydrogen-bond donors (Lipinski definition) is 2. The standard InChI is InChI=1S/C16H21NO2/c1-19-13-5-2-9(6-12(13)18)8-17-16-14-10-3-4-11(7-10)15(14)16/h2,5-6,10-11,14-18H,3-4,7-8H2,1H3. The van der Waals surface area contributed by atoms with Gasteiger partial charge in [-0.05, 0) is 60.6 Å². The Morgan fingerprint density at radius 3 is 2.63 bits per heavy atom. The van der Waals surface area contributed by atoms with Crippen LogP contribution in [0.2, 0.25) is 0 Å². The van der Waals surface area contributed by atoms with Gasteiger partial charge in [-0.3, -0.25) is 0 Å². The molecule has 0 spiro atoms. The minimum absolute atomic E-state index is 0.234. The molecule has 4 atom stereocenters. The minimum atomic E-state index is 0.234. The maximum atomic E-state index is 9.77. The Morgan fingerprint density at radius 2 is 2.00 bits per heavy atom. The number of phenolic OH excluding ortho intramolecular Hbond substituents is 1. The fourth-order valence-electron chi connectivity index (χ4n) is 4.68. The maximum Gasteiger partial charge on any atom is 0.160 e. The van der Waals surface area contributed by atoms with Gasteiger partial charge in [0, 0.05) is 12.6 Å². The van der Waals surface area contributed by atoms with Crippen LogP contribution in [-0.4, -0.2) is 18.3 Å². The van der Waals surface area contributed by atoms with Crippen LogP contribution in [0, 0.1) is 23.7 Å². The van der Waals surface area contributed by atoms with Crippen molar-refractivity contribution in [2.75, 3.05) is 7.11 Å². The molecule has 102 valence electrons. The van der Waals surface area contributed by atoms with Gasteiger partial charge in [-0.2, -0.15) is 0 Å². The summed E-state index contributed by atoms with van der Waals surface area (Å²) in [5, 5.41) is 13.5. The number of rotatable bonds is 4. The second-order valence-corrected chi connectivity index (χ2v) is 6.40. The third-order valence-electron chi connectivity index (χ3n) is 5.52. The molecule has 4 rings (SSSR count). The zero-order valence-corrected chi connectivity index (χ0v) is 11.3. The number of aromatic hydroxyl groups is 1. The summed E-state index contributed by atoms with van der Waals surface area (Å²) in [7, 11) is 1.58. The van der Waals surface area contributed by atoms with E-state index in [-0.39, 0.29) is 5.75 Å². The molecule has 3 aliphatic rings. The van der Waals surface area contributed by atoms with Gasteiger partial charge in [-0.25, -0.2) is 0 Å². The topological polar surface area (TPSA) is 41.5 Å². The molecule has 3 aliphatic carbocycles. The average Bonchev–Trinajstić information content (AvgIpc) is 2.80. The number of fused-ring (bicyclic) bond motifs is 5. The lowest BCUT2D eigenvalue weighted by Crippen LogP contribution is -2.22. The molecular weight excluding hydrogens is 238 g/mol. The summed E-state index contributed by atoms with van der Waals surface area (Å²) in [5.74, 6) is 4.73. The van der Waals surface area contributed by atoms with Crippen molar-refractivity contribution in [1.82, 2.24) is 5.32 Å². The van der Waals surface area contributed by atoms with Crippen LogP contribution in [0.1, 0.15) is 24.8 Å². The van der Waals surface area contributed by atoms with Gasteiger partial charge in [0.05, 0.1) is 7.11 Å². The predicted octanol–water partition coefficient (Wildman–Crippen LogP) is 2.53. The van der Waals surface area contributed by atoms with Crippen molar-refractivity contribution in [3.63, 3.8) is 0 Å². The molecule has 0 saturated heterocycles. The Morgan fingerprint density at radius 1 is 1.26 bits per heavy atom. The van der Waals surface area contributed by atoms with Gasteiger partial charge in [0.2, 0.25) is 0 Å². The van der Waals surface area contributed by atoms with Crippen molar-refractivity contribution >= 4 is 0 Å². The van der Waals surface area contributed by atoms with Crippen LogP contribution < -0.4 is 10.1 Å². The van der Waals surface area contributed by atoms with Crippen LogP contribution in [0.5, 0.6) is 11.5 Å². The van der Waals surface area contributed by atoms with Crippen LogP contribution in [0.25, 0.3) is 0 Å². The molecule has 3 nitrogen and oxygen atoms in total. The average molecular weight is 259 g/mol. The number of methoxy groups -OCH3 is 1. The molecule has 4 unspecified atom stereocenters. The van der Waals surface area contributed by atoms with E-state index in [1.165, 1.54) is 19.3 Å². The van der Waals surface area contributed by atoms with E-state index in [2.05, 4.69) is 5.32 Å². The van der Waals surface area contributed by atoms with E-state index in [1.807, 2.05) is 12.1 Å². The first-order valence-corrected chi connectivity index (χ1v) is 7.37. The van der Waals surface area contributed by atoms with Gasteiger partial charge >= 0.3 is 0 Å². The highest BCUT2D eigenvalue weighted by Crippen LogP contribution is 2.65. The Kier molecular flexibility index (Phi) is 2.52. The predicted molar refractivity (Wildman–Crippen MR) is 73.1 cm³/mol. The Bertz CT molecular complexity index is 486. The van der Waals surface area contributed by atoms with E-state index >= 15 is 0 Å². The summed E-state index contributed by atoms with van der Waals surface area (Å²) in [6.07, 6.45) is 4.43. The van der Waals surface area contributed by atoms with Crippen LogP contribution in [0.3, 0.4) is 0 Å². The van der Waals surface area contributed by atoms with Gasteiger partial charge in [0.25, 0.3) is 0 Å². The van der Waals surface area contributed by atoms with Gasteiger partial charge in [-0.15, -0.1) is 0 Å². The summed E-state index contributed by atoms with van der Waals surface area (Å²) in [4.78, 5) is 0. The fourth-order valence-corrected chi connectivity index (χ4v) is 4.68. The van der Waals surface area contributed by atoms with E-state index in [0.29, 0.717) is 5.75 Å². The quantitative estimate of drug-likeness (QED) is 0.873. The Hall–Kier alpha value is -1.22. The largest absolute Gasteiger partial charge is 0.504 e. The normalized spacial score (nSPS) is 38.3. The van der Waals surface area contributed by atoms with Gasteiger partial charge < -0.3 is 15.2 Å². The molecule has 0 heterocycles. The van der Waals surface area contributed by atoms with E-state index in [0.717, 1.165) is 41.8 Å². The van der Waals surface area contributed by atoms with Crippen molar-refractivity contribution in [2.45, 2.75) is 31.8 Å². The summed E-state index contributed by atoms with van der Waals surface area (Å²) in [6, 6.07) is 6.41. The monoisotopic (exact) mass is 259 g/mol. The van der Waals surface area contributed by atoms with Gasteiger partial charge in [0.15, 0.2) is 11.5 Å². The van der Waals surface area contributed by atoms with E-state index < -0.39 is 0 Å². The van der Waals surface area contributed by atoms with Crippen molar-refractivity contribution in [2.24, 2.45) is 23.7 Å². The van der Waals surface area contributed by atoms with E-state index in [9.17, 15) is 5.11 Å². The van der Waals surface area contributed by atoms with Crippen molar-refractivity contribution in [3.8, 4) is 11.5 Å². The van der Waals surface area contributed by atoms with Crippen LogP contribution in [0.4, 0.5) is 0 Å². The molecule has 3 heteroatoms. The number of hydrogen-bond acceptors (Lipinski definition) is 3. The number of nitrogens with one attached hydrogen (secondary N) is 1. The zero-order valence-electron chi connectivity index (χ0n) is 11.3. The van der Waals surface area contributed by atoms with Gasteiger partial charge in [0.1, 0.15) is 0 Å². The molecule has 0 radical (unpaired) electrons. The van der Waals surface area contributed by atoms with Crippen LogP contribution >= 0.6 is 0 Å². The van der Waals surface area contributed by atoms with E-state index in [4.69, 9.17) is 4.74 Å². The van der Waals surface area contributed by atoms with Crippen molar-refractivity contribution in [3.05, 3.63) is 23.8 Å². The van der Waals surface area contributed by atoms with E-state index in [1.54, 1.807) is 13.2 Å². The lowest BCUT2D eigenvalue weighted by molar-refractivity contribution is 0.372. The number of phenols is 1. The molecule has 19 heavy (non-hydrogen) atoms. The fraction of sp³-hybridized carbons (Fsp3) is 0.625. The molecule has 3 saturated carbocycles.